The first-order valence-corrected chi connectivity index (χ1v) is 12.3. The van der Waals surface area contributed by atoms with Crippen LogP contribution in [0.3, 0.4) is 0 Å². The molecule has 7 rings (SSSR count). The molecular formula is C23H30N2O6S. The van der Waals surface area contributed by atoms with Crippen molar-refractivity contribution >= 4 is 28.2 Å². The molecule has 0 aromatic carbocycles. The Balaban J connectivity index is 1.65. The van der Waals surface area contributed by atoms with Crippen molar-refractivity contribution in [2.75, 3.05) is 11.9 Å². The summed E-state index contributed by atoms with van der Waals surface area (Å²) in [5, 5.41) is 38.4. The van der Waals surface area contributed by atoms with Gasteiger partial charge in [-0.2, -0.15) is 0 Å². The molecule has 3 heterocycles. The number of thiazole rings is 1. The first-order chi connectivity index (χ1) is 14.9. The van der Waals surface area contributed by atoms with Crippen LogP contribution in [0, 0.1) is 34.5 Å². The Hall–Kier alpha value is -1.39. The lowest BCUT2D eigenvalue weighted by molar-refractivity contribution is -0.429. The number of anilines is 1. The van der Waals surface area contributed by atoms with Crippen LogP contribution < -0.4 is 5.32 Å². The van der Waals surface area contributed by atoms with Crippen LogP contribution in [-0.2, 0) is 26.2 Å². The SMILES string of the molecule is CC(=O)Nc1nc2c(s1)CC(C)(C)[C@H]1[C@H](O)[C@@]3(O)OC[C@@]21[C@@H]1CCC2[C@@H](O)[C@@]13C(=O)[C@@H]2C. The minimum atomic E-state index is -2.13. The molecule has 1 aromatic heterocycles. The number of hydrogen-bond acceptors (Lipinski definition) is 8. The third-order valence-corrected chi connectivity index (χ3v) is 10.5. The quantitative estimate of drug-likeness (QED) is 0.494. The molecule has 2 saturated heterocycles. The maximum absolute atomic E-state index is 13.8. The van der Waals surface area contributed by atoms with Crippen LogP contribution >= 0.6 is 11.3 Å². The van der Waals surface area contributed by atoms with Crippen LogP contribution in [0.5, 0.6) is 0 Å². The number of carbonyl (C=O) groups excluding carboxylic acids is 2. The fourth-order valence-corrected chi connectivity index (χ4v) is 10.0. The minimum absolute atomic E-state index is 0.121. The van der Waals surface area contributed by atoms with E-state index >= 15 is 0 Å². The summed E-state index contributed by atoms with van der Waals surface area (Å²) < 4.78 is 6.06. The highest BCUT2D eigenvalue weighted by Gasteiger charge is 2.87. The minimum Gasteiger partial charge on any atom is -0.392 e. The summed E-state index contributed by atoms with van der Waals surface area (Å²) in [7, 11) is 0. The molecule has 2 aliphatic heterocycles. The maximum atomic E-state index is 13.8. The molecule has 1 aromatic rings. The van der Waals surface area contributed by atoms with Crippen LogP contribution in [0.4, 0.5) is 5.13 Å². The van der Waals surface area contributed by atoms with Gasteiger partial charge in [-0.05, 0) is 36.5 Å². The number of fused-ring (bicyclic) bond motifs is 3. The molecule has 0 radical (unpaired) electrons. The van der Waals surface area contributed by atoms with E-state index in [1.807, 2.05) is 6.92 Å². The number of nitrogens with one attached hydrogen (secondary N) is 1. The average Bonchev–Trinajstić information content (AvgIpc) is 3.12. The number of Topliss-reactive ketones (excluding diaryl/α,β-unsaturated/α-hetero) is 1. The van der Waals surface area contributed by atoms with Gasteiger partial charge in [0.05, 0.1) is 18.4 Å². The second-order valence-corrected chi connectivity index (χ2v) is 12.4. The lowest BCUT2D eigenvalue weighted by Crippen LogP contribution is -2.85. The van der Waals surface area contributed by atoms with E-state index in [-0.39, 0.29) is 24.2 Å². The predicted molar refractivity (Wildman–Crippen MR) is 115 cm³/mol. The first kappa shape index (κ1) is 21.2. The molecule has 32 heavy (non-hydrogen) atoms. The van der Waals surface area contributed by atoms with Gasteiger partial charge in [-0.25, -0.2) is 4.98 Å². The van der Waals surface area contributed by atoms with Gasteiger partial charge in [0.25, 0.3) is 0 Å². The van der Waals surface area contributed by atoms with Gasteiger partial charge in [0, 0.05) is 29.1 Å². The van der Waals surface area contributed by atoms with Crippen LogP contribution in [0.25, 0.3) is 0 Å². The zero-order valence-corrected chi connectivity index (χ0v) is 19.5. The van der Waals surface area contributed by atoms with Crippen molar-refractivity contribution in [1.29, 1.82) is 0 Å². The number of aliphatic hydroxyl groups excluding tert-OH is 2. The molecular weight excluding hydrogens is 432 g/mol. The normalized spacial score (nSPS) is 49.9. The zero-order chi connectivity index (χ0) is 23.0. The molecule has 174 valence electrons. The average molecular weight is 463 g/mol. The number of carbonyl (C=O) groups is 2. The summed E-state index contributed by atoms with van der Waals surface area (Å²) in [6, 6.07) is 0. The van der Waals surface area contributed by atoms with Gasteiger partial charge in [0.2, 0.25) is 11.7 Å². The molecule has 1 unspecified atom stereocenters. The molecule has 4 bridgehead atoms. The van der Waals surface area contributed by atoms with E-state index in [0.717, 1.165) is 10.6 Å². The maximum Gasteiger partial charge on any atom is 0.223 e. The summed E-state index contributed by atoms with van der Waals surface area (Å²) in [5.74, 6) is -4.03. The largest absolute Gasteiger partial charge is 0.392 e. The third-order valence-electron chi connectivity index (χ3n) is 9.57. The van der Waals surface area contributed by atoms with Gasteiger partial charge in [0.1, 0.15) is 11.5 Å². The number of aliphatic hydroxyl groups is 3. The van der Waals surface area contributed by atoms with E-state index in [9.17, 15) is 24.9 Å². The molecule has 9 heteroatoms. The third kappa shape index (κ3) is 1.99. The molecule has 1 amide bonds. The fourth-order valence-electron chi connectivity index (χ4n) is 8.66. The number of aromatic nitrogens is 1. The smallest absolute Gasteiger partial charge is 0.223 e. The van der Waals surface area contributed by atoms with Gasteiger partial charge < -0.3 is 25.4 Å². The van der Waals surface area contributed by atoms with Crippen LogP contribution in [0.1, 0.15) is 51.1 Å². The Morgan fingerprint density at radius 2 is 1.97 bits per heavy atom. The highest BCUT2D eigenvalue weighted by Crippen LogP contribution is 2.76. The Morgan fingerprint density at radius 1 is 1.25 bits per heavy atom. The first-order valence-electron chi connectivity index (χ1n) is 11.5. The predicted octanol–water partition coefficient (Wildman–Crippen LogP) is 1.22. The van der Waals surface area contributed by atoms with Crippen molar-refractivity contribution in [3.63, 3.8) is 0 Å². The molecule has 4 N–H and O–H groups in total. The second-order valence-electron chi connectivity index (χ2n) is 11.3. The van der Waals surface area contributed by atoms with Gasteiger partial charge >= 0.3 is 0 Å². The van der Waals surface area contributed by atoms with Crippen molar-refractivity contribution in [3.05, 3.63) is 10.6 Å². The number of nitrogens with zero attached hydrogens (tertiary/aromatic N) is 1. The summed E-state index contributed by atoms with van der Waals surface area (Å²) in [6.07, 6.45) is -0.462. The Kier molecular flexibility index (Phi) is 3.96. The van der Waals surface area contributed by atoms with Crippen molar-refractivity contribution in [1.82, 2.24) is 4.98 Å². The van der Waals surface area contributed by atoms with Gasteiger partial charge in [-0.15, -0.1) is 11.3 Å². The Morgan fingerprint density at radius 3 is 2.66 bits per heavy atom. The molecule has 4 aliphatic carbocycles. The van der Waals surface area contributed by atoms with Crippen LogP contribution in [0.2, 0.25) is 0 Å². The summed E-state index contributed by atoms with van der Waals surface area (Å²) in [6.45, 7) is 7.51. The highest BCUT2D eigenvalue weighted by atomic mass is 32.1. The van der Waals surface area contributed by atoms with Crippen molar-refractivity contribution in [3.8, 4) is 0 Å². The lowest BCUT2D eigenvalue weighted by atomic mass is 9.36. The number of ketones is 1. The van der Waals surface area contributed by atoms with Gasteiger partial charge in [-0.3, -0.25) is 9.59 Å². The molecule has 5 fully saturated rings. The molecule has 6 aliphatic rings. The van der Waals surface area contributed by atoms with E-state index in [1.165, 1.54) is 18.3 Å². The van der Waals surface area contributed by atoms with Gasteiger partial charge in [0.15, 0.2) is 10.9 Å². The number of amides is 1. The Labute approximate surface area is 190 Å². The fraction of sp³-hybridized carbons (Fsp3) is 0.783. The monoisotopic (exact) mass is 462 g/mol. The lowest BCUT2D eigenvalue weighted by Gasteiger charge is -2.73. The molecule has 2 spiro atoms. The Bertz CT molecular complexity index is 1060. The van der Waals surface area contributed by atoms with Crippen molar-refractivity contribution in [2.45, 2.75) is 70.4 Å². The second kappa shape index (κ2) is 5.99. The van der Waals surface area contributed by atoms with E-state index < -0.39 is 52.0 Å². The van der Waals surface area contributed by atoms with E-state index in [4.69, 9.17) is 9.72 Å². The van der Waals surface area contributed by atoms with Crippen LogP contribution in [-0.4, -0.2) is 56.6 Å². The molecule has 3 saturated carbocycles. The van der Waals surface area contributed by atoms with E-state index in [1.54, 1.807) is 0 Å². The number of rotatable bonds is 1. The zero-order valence-electron chi connectivity index (χ0n) is 18.7. The molecule has 9 atom stereocenters. The van der Waals surface area contributed by atoms with E-state index in [0.29, 0.717) is 24.4 Å². The standard InChI is InChI=1S/C23H30N2O6S/c1-9-11-5-6-13-21-8-31-23(30,22(13,16(9)27)17(11)28)18(29)14(21)20(3,4)7-12-15(21)25-19(32-12)24-10(2)26/h9,11,13-14,17-18,28-30H,5-8H2,1-4H3,(H,24,25,26)/t9-,11?,13+,14-,17-,18+,21+,22+,23-/m1/s1. The van der Waals surface area contributed by atoms with Crippen LogP contribution in [0.15, 0.2) is 0 Å². The summed E-state index contributed by atoms with van der Waals surface area (Å²) >= 11 is 1.42. The highest BCUT2D eigenvalue weighted by molar-refractivity contribution is 7.15. The topological polar surface area (TPSA) is 129 Å². The van der Waals surface area contributed by atoms with Gasteiger partial charge in [-0.1, -0.05) is 20.8 Å². The number of hydrogen-bond donors (Lipinski definition) is 4. The summed E-state index contributed by atoms with van der Waals surface area (Å²) in [4.78, 5) is 31.4. The number of ether oxygens (including phenoxy) is 1. The van der Waals surface area contributed by atoms with E-state index in [2.05, 4.69) is 19.2 Å². The summed E-state index contributed by atoms with van der Waals surface area (Å²) in [5.41, 5.74) is -2.08. The molecule has 8 nitrogen and oxygen atoms in total. The van der Waals surface area contributed by atoms with Crippen molar-refractivity contribution < 1.29 is 29.6 Å². The van der Waals surface area contributed by atoms with Crippen molar-refractivity contribution in [2.24, 2.45) is 34.5 Å².